The molecule has 92 valence electrons. The Balaban J connectivity index is 2.31. The molecule has 1 rings (SSSR count). The molecule has 1 atom stereocenters. The van der Waals surface area contributed by atoms with Crippen LogP contribution in [0, 0.1) is 0 Å². The molecule has 0 aliphatic carbocycles. The number of amides is 1. The van der Waals surface area contributed by atoms with E-state index in [2.05, 4.69) is 5.32 Å². The van der Waals surface area contributed by atoms with Crippen molar-refractivity contribution in [3.63, 3.8) is 0 Å². The van der Waals surface area contributed by atoms with Gasteiger partial charge in [-0.2, -0.15) is 0 Å². The highest BCUT2D eigenvalue weighted by molar-refractivity contribution is 5.84. The molecular weight excluding hydrogens is 222 g/mol. The quantitative estimate of drug-likeness (QED) is 0.767. The lowest BCUT2D eigenvalue weighted by Gasteiger charge is -2.12. The lowest BCUT2D eigenvalue weighted by atomic mass is 10.2. The first-order valence-corrected chi connectivity index (χ1v) is 5.24. The number of carbonyl (C=O) groups excluding carboxylic acids is 1. The molecule has 5 heteroatoms. The van der Waals surface area contributed by atoms with Crippen molar-refractivity contribution in [2.75, 3.05) is 6.54 Å². The fourth-order valence-corrected chi connectivity index (χ4v) is 1.18. The smallest absolute Gasteiger partial charge is 0.322 e. The number of benzene rings is 1. The molecule has 5 nitrogen and oxygen atoms in total. The second-order valence-corrected chi connectivity index (χ2v) is 3.55. The van der Waals surface area contributed by atoms with E-state index in [9.17, 15) is 9.59 Å². The first-order chi connectivity index (χ1) is 8.09. The van der Waals surface area contributed by atoms with Gasteiger partial charge in [-0.3, -0.25) is 9.59 Å². The number of carboxylic acid groups (broad SMARTS) is 1. The first kappa shape index (κ1) is 13.2. The maximum Gasteiger partial charge on any atom is 0.322 e. The summed E-state index contributed by atoms with van der Waals surface area (Å²) in [5, 5.41) is 10.7. The van der Waals surface area contributed by atoms with E-state index in [1.165, 1.54) is 0 Å². The van der Waals surface area contributed by atoms with E-state index in [0.717, 1.165) is 5.56 Å². The second kappa shape index (κ2) is 6.65. The van der Waals surface area contributed by atoms with E-state index >= 15 is 0 Å². The van der Waals surface area contributed by atoms with E-state index in [4.69, 9.17) is 9.84 Å². The van der Waals surface area contributed by atoms with Crippen LogP contribution in [0.1, 0.15) is 12.5 Å². The van der Waals surface area contributed by atoms with E-state index in [1.807, 2.05) is 30.3 Å². The van der Waals surface area contributed by atoms with Crippen LogP contribution in [0.2, 0.25) is 0 Å². The highest BCUT2D eigenvalue weighted by Crippen LogP contribution is 2.03. The van der Waals surface area contributed by atoms with Crippen LogP contribution in [0.3, 0.4) is 0 Å². The summed E-state index contributed by atoms with van der Waals surface area (Å²) < 4.78 is 5.32. The molecule has 1 amide bonds. The van der Waals surface area contributed by atoms with Crippen LogP contribution in [0.25, 0.3) is 0 Å². The minimum Gasteiger partial charge on any atom is -0.480 e. The van der Waals surface area contributed by atoms with Crippen molar-refractivity contribution in [2.24, 2.45) is 0 Å². The van der Waals surface area contributed by atoms with Crippen molar-refractivity contribution >= 4 is 11.9 Å². The number of rotatable bonds is 6. The average Bonchev–Trinajstić information content (AvgIpc) is 2.34. The standard InChI is InChI=1S/C12H15NO4/c1-9(12(16)13-7-11(14)15)17-8-10-5-3-2-4-6-10/h2-6,9H,7-8H2,1H3,(H,13,16)(H,14,15). The maximum absolute atomic E-state index is 11.4. The average molecular weight is 237 g/mol. The Morgan fingerprint density at radius 3 is 2.59 bits per heavy atom. The lowest BCUT2D eigenvalue weighted by Crippen LogP contribution is -2.37. The molecule has 0 aromatic heterocycles. The molecule has 0 saturated carbocycles. The van der Waals surface area contributed by atoms with Crippen molar-refractivity contribution in [1.29, 1.82) is 0 Å². The lowest BCUT2D eigenvalue weighted by molar-refractivity contribution is -0.140. The maximum atomic E-state index is 11.4. The van der Waals surface area contributed by atoms with Crippen LogP contribution >= 0.6 is 0 Å². The van der Waals surface area contributed by atoms with Gasteiger partial charge in [-0.1, -0.05) is 30.3 Å². The van der Waals surface area contributed by atoms with Crippen LogP contribution in [0.15, 0.2) is 30.3 Å². The van der Waals surface area contributed by atoms with Crippen LogP contribution in [0.4, 0.5) is 0 Å². The highest BCUT2D eigenvalue weighted by atomic mass is 16.5. The minimum atomic E-state index is -1.08. The van der Waals surface area contributed by atoms with Gasteiger partial charge in [-0.25, -0.2) is 0 Å². The molecule has 0 aliphatic heterocycles. The predicted molar refractivity (Wildman–Crippen MR) is 61.3 cm³/mol. The molecule has 2 N–H and O–H groups in total. The van der Waals surface area contributed by atoms with Gasteiger partial charge in [0, 0.05) is 0 Å². The first-order valence-electron chi connectivity index (χ1n) is 5.24. The Morgan fingerprint density at radius 2 is 2.00 bits per heavy atom. The van der Waals surface area contributed by atoms with Crippen LogP contribution < -0.4 is 5.32 Å². The molecule has 0 fully saturated rings. The van der Waals surface area contributed by atoms with Crippen molar-refractivity contribution in [3.05, 3.63) is 35.9 Å². The van der Waals surface area contributed by atoms with E-state index in [-0.39, 0.29) is 0 Å². The highest BCUT2D eigenvalue weighted by Gasteiger charge is 2.13. The van der Waals surface area contributed by atoms with Crippen molar-refractivity contribution in [1.82, 2.24) is 5.32 Å². The topological polar surface area (TPSA) is 75.6 Å². The van der Waals surface area contributed by atoms with Gasteiger partial charge in [0.25, 0.3) is 0 Å². The molecule has 0 bridgehead atoms. The Morgan fingerprint density at radius 1 is 1.35 bits per heavy atom. The third-order valence-corrected chi connectivity index (χ3v) is 2.13. The number of carbonyl (C=O) groups is 2. The zero-order valence-corrected chi connectivity index (χ0v) is 9.55. The zero-order chi connectivity index (χ0) is 12.7. The number of aliphatic carboxylic acids is 1. The van der Waals surface area contributed by atoms with Gasteiger partial charge in [-0.05, 0) is 12.5 Å². The summed E-state index contributed by atoms with van der Waals surface area (Å²) in [5.74, 6) is -1.50. The molecule has 1 unspecified atom stereocenters. The molecule has 0 spiro atoms. The van der Waals surface area contributed by atoms with Gasteiger partial charge in [0.05, 0.1) is 6.61 Å². The Labute approximate surface area is 99.4 Å². The predicted octanol–water partition coefficient (Wildman–Crippen LogP) is 0.793. The van der Waals surface area contributed by atoms with Crippen molar-refractivity contribution < 1.29 is 19.4 Å². The summed E-state index contributed by atoms with van der Waals surface area (Å²) in [6.07, 6.45) is -0.672. The molecule has 0 aliphatic rings. The Kier molecular flexibility index (Phi) is 5.16. The largest absolute Gasteiger partial charge is 0.480 e. The van der Waals surface area contributed by atoms with E-state index in [1.54, 1.807) is 6.92 Å². The van der Waals surface area contributed by atoms with Crippen LogP contribution in [-0.2, 0) is 20.9 Å². The molecule has 0 saturated heterocycles. The second-order valence-electron chi connectivity index (χ2n) is 3.55. The van der Waals surface area contributed by atoms with Crippen LogP contribution in [0.5, 0.6) is 0 Å². The van der Waals surface area contributed by atoms with Gasteiger partial charge < -0.3 is 15.2 Å². The SMILES string of the molecule is CC(OCc1ccccc1)C(=O)NCC(=O)O. The summed E-state index contributed by atoms with van der Waals surface area (Å²) >= 11 is 0. The monoisotopic (exact) mass is 237 g/mol. The van der Waals surface area contributed by atoms with Crippen LogP contribution in [-0.4, -0.2) is 29.6 Å². The van der Waals surface area contributed by atoms with E-state index in [0.29, 0.717) is 6.61 Å². The van der Waals surface area contributed by atoms with Gasteiger partial charge in [0.1, 0.15) is 12.6 Å². The van der Waals surface area contributed by atoms with Gasteiger partial charge in [0.2, 0.25) is 5.91 Å². The number of nitrogens with one attached hydrogen (secondary N) is 1. The van der Waals surface area contributed by atoms with Gasteiger partial charge in [0.15, 0.2) is 0 Å². The zero-order valence-electron chi connectivity index (χ0n) is 9.55. The van der Waals surface area contributed by atoms with E-state index < -0.39 is 24.5 Å². The summed E-state index contributed by atoms with van der Waals surface area (Å²) in [4.78, 5) is 21.6. The molecule has 1 aromatic rings. The summed E-state index contributed by atoms with van der Waals surface area (Å²) in [5.41, 5.74) is 0.963. The number of carboxylic acids is 1. The third-order valence-electron chi connectivity index (χ3n) is 2.13. The number of ether oxygens (including phenoxy) is 1. The Bertz CT molecular complexity index is 377. The minimum absolute atomic E-state index is 0.322. The fourth-order valence-electron chi connectivity index (χ4n) is 1.18. The summed E-state index contributed by atoms with van der Waals surface area (Å²) in [6, 6.07) is 9.44. The summed E-state index contributed by atoms with van der Waals surface area (Å²) in [6.45, 7) is 1.51. The Hall–Kier alpha value is -1.88. The molecule has 1 aromatic carbocycles. The van der Waals surface area contributed by atoms with Gasteiger partial charge in [-0.15, -0.1) is 0 Å². The summed E-state index contributed by atoms with van der Waals surface area (Å²) in [7, 11) is 0. The molecule has 0 radical (unpaired) electrons. The molecule has 0 heterocycles. The number of hydrogen-bond acceptors (Lipinski definition) is 3. The molecule has 17 heavy (non-hydrogen) atoms. The fraction of sp³-hybridized carbons (Fsp3) is 0.333. The third kappa shape index (κ3) is 5.12. The van der Waals surface area contributed by atoms with Gasteiger partial charge >= 0.3 is 5.97 Å². The number of hydrogen-bond donors (Lipinski definition) is 2. The normalized spacial score (nSPS) is 11.8. The van der Waals surface area contributed by atoms with Crippen molar-refractivity contribution in [2.45, 2.75) is 19.6 Å². The molecular formula is C12H15NO4. The van der Waals surface area contributed by atoms with Crippen molar-refractivity contribution in [3.8, 4) is 0 Å².